The fourth-order valence-corrected chi connectivity index (χ4v) is 2.20. The molecule has 0 amide bonds. The van der Waals surface area contributed by atoms with Gasteiger partial charge in [-0.3, -0.25) is 0 Å². The van der Waals surface area contributed by atoms with Gasteiger partial charge in [-0.2, -0.15) is 0 Å². The second kappa shape index (κ2) is 4.62. The molecule has 0 aromatic heterocycles. The van der Waals surface area contributed by atoms with Gasteiger partial charge in [-0.05, 0) is 53.4 Å². The smallest absolute Gasteiger partial charge is 0.137 e. The molecular weight excluding hydrogens is 257 g/mol. The molecule has 1 fully saturated rings. The lowest BCUT2D eigenvalue weighted by Crippen LogP contribution is -2.36. The van der Waals surface area contributed by atoms with E-state index in [0.29, 0.717) is 16.6 Å². The van der Waals surface area contributed by atoms with Crippen molar-refractivity contribution in [1.29, 1.82) is 0 Å². The second-order valence-corrected chi connectivity index (χ2v) is 5.04. The summed E-state index contributed by atoms with van der Waals surface area (Å²) in [5, 5.41) is 3.54. The first kappa shape index (κ1) is 11.1. The summed E-state index contributed by atoms with van der Waals surface area (Å²) in [5.74, 6) is -0.199. The standard InChI is InChI=1S/C12H15BrFN/c1-8(15-10-3-2-4-10)9-5-6-12(14)11(13)7-9/h5-8,10,15H,2-4H2,1H3. The summed E-state index contributed by atoms with van der Waals surface area (Å²) in [7, 11) is 0. The number of nitrogens with one attached hydrogen (secondary N) is 1. The highest BCUT2D eigenvalue weighted by atomic mass is 79.9. The summed E-state index contributed by atoms with van der Waals surface area (Å²) in [6.45, 7) is 2.12. The van der Waals surface area contributed by atoms with E-state index in [4.69, 9.17) is 0 Å². The summed E-state index contributed by atoms with van der Waals surface area (Å²) >= 11 is 3.21. The molecule has 0 heterocycles. The molecule has 1 aromatic carbocycles. The lowest BCUT2D eigenvalue weighted by atomic mass is 9.92. The fraction of sp³-hybridized carbons (Fsp3) is 0.500. The van der Waals surface area contributed by atoms with Crippen molar-refractivity contribution in [3.05, 3.63) is 34.1 Å². The Bertz CT molecular complexity index is 349. The number of benzene rings is 1. The Labute approximate surface area is 98.2 Å². The van der Waals surface area contributed by atoms with Gasteiger partial charge in [0.15, 0.2) is 0 Å². The van der Waals surface area contributed by atoms with E-state index >= 15 is 0 Å². The van der Waals surface area contributed by atoms with Gasteiger partial charge in [-0.25, -0.2) is 4.39 Å². The summed E-state index contributed by atoms with van der Waals surface area (Å²) < 4.78 is 13.6. The molecule has 0 radical (unpaired) electrons. The topological polar surface area (TPSA) is 12.0 Å². The van der Waals surface area contributed by atoms with Gasteiger partial charge in [0.1, 0.15) is 5.82 Å². The van der Waals surface area contributed by atoms with Gasteiger partial charge in [0.05, 0.1) is 4.47 Å². The maximum atomic E-state index is 13.0. The van der Waals surface area contributed by atoms with E-state index in [0.717, 1.165) is 5.56 Å². The van der Waals surface area contributed by atoms with Crippen LogP contribution in [-0.4, -0.2) is 6.04 Å². The molecule has 2 rings (SSSR count). The molecule has 1 unspecified atom stereocenters. The molecule has 0 spiro atoms. The minimum Gasteiger partial charge on any atom is -0.307 e. The molecule has 1 aliphatic rings. The molecular formula is C12H15BrFN. The van der Waals surface area contributed by atoms with Crippen molar-refractivity contribution in [3.63, 3.8) is 0 Å². The lowest BCUT2D eigenvalue weighted by molar-refractivity contribution is 0.313. The van der Waals surface area contributed by atoms with Crippen molar-refractivity contribution in [2.75, 3.05) is 0 Å². The third-order valence-electron chi connectivity index (χ3n) is 3.03. The predicted octanol–water partition coefficient (Wildman–Crippen LogP) is 3.79. The Balaban J connectivity index is 2.03. The highest BCUT2D eigenvalue weighted by molar-refractivity contribution is 9.10. The van der Waals surface area contributed by atoms with Crippen LogP contribution < -0.4 is 5.32 Å². The summed E-state index contributed by atoms with van der Waals surface area (Å²) in [6, 6.07) is 6.16. The molecule has 3 heteroatoms. The van der Waals surface area contributed by atoms with Crippen molar-refractivity contribution in [3.8, 4) is 0 Å². The maximum absolute atomic E-state index is 13.0. The van der Waals surface area contributed by atoms with E-state index < -0.39 is 0 Å². The van der Waals surface area contributed by atoms with Crippen LogP contribution >= 0.6 is 15.9 Å². The normalized spacial score (nSPS) is 18.6. The second-order valence-electron chi connectivity index (χ2n) is 4.19. The van der Waals surface area contributed by atoms with Crippen LogP contribution in [0.15, 0.2) is 22.7 Å². The van der Waals surface area contributed by atoms with Gasteiger partial charge in [0, 0.05) is 12.1 Å². The van der Waals surface area contributed by atoms with Gasteiger partial charge >= 0.3 is 0 Å². The molecule has 1 saturated carbocycles. The van der Waals surface area contributed by atoms with Gasteiger partial charge in [0.25, 0.3) is 0 Å². The molecule has 1 aromatic rings. The van der Waals surface area contributed by atoms with Crippen molar-refractivity contribution in [2.24, 2.45) is 0 Å². The highest BCUT2D eigenvalue weighted by Gasteiger charge is 2.19. The Morgan fingerprint density at radius 3 is 2.73 bits per heavy atom. The largest absolute Gasteiger partial charge is 0.307 e. The zero-order chi connectivity index (χ0) is 10.8. The van der Waals surface area contributed by atoms with E-state index in [1.54, 1.807) is 0 Å². The summed E-state index contributed by atoms with van der Waals surface area (Å²) in [6.07, 6.45) is 3.87. The first-order valence-corrected chi connectivity index (χ1v) is 6.17. The van der Waals surface area contributed by atoms with Crippen LogP contribution in [-0.2, 0) is 0 Å². The third-order valence-corrected chi connectivity index (χ3v) is 3.64. The quantitative estimate of drug-likeness (QED) is 0.882. The van der Waals surface area contributed by atoms with Gasteiger partial charge in [0.2, 0.25) is 0 Å². The van der Waals surface area contributed by atoms with Crippen molar-refractivity contribution < 1.29 is 4.39 Å². The predicted molar refractivity (Wildman–Crippen MR) is 63.3 cm³/mol. The zero-order valence-electron chi connectivity index (χ0n) is 8.76. The molecule has 1 atom stereocenters. The Morgan fingerprint density at radius 1 is 1.47 bits per heavy atom. The minimum atomic E-state index is -0.199. The number of halogens is 2. The molecule has 0 aliphatic heterocycles. The van der Waals surface area contributed by atoms with E-state index in [1.807, 2.05) is 12.1 Å². The lowest BCUT2D eigenvalue weighted by Gasteiger charge is -2.30. The number of rotatable bonds is 3. The van der Waals surface area contributed by atoms with Crippen molar-refractivity contribution in [2.45, 2.75) is 38.3 Å². The van der Waals surface area contributed by atoms with E-state index in [-0.39, 0.29) is 5.82 Å². The average Bonchev–Trinajstić information content (AvgIpc) is 2.15. The van der Waals surface area contributed by atoms with Crippen molar-refractivity contribution >= 4 is 15.9 Å². The Kier molecular flexibility index (Phi) is 3.42. The van der Waals surface area contributed by atoms with Gasteiger partial charge < -0.3 is 5.32 Å². The first-order valence-electron chi connectivity index (χ1n) is 5.38. The Hall–Kier alpha value is -0.410. The maximum Gasteiger partial charge on any atom is 0.137 e. The van der Waals surface area contributed by atoms with Crippen LogP contribution in [0.25, 0.3) is 0 Å². The summed E-state index contributed by atoms with van der Waals surface area (Å²) in [4.78, 5) is 0. The van der Waals surface area contributed by atoms with Crippen LogP contribution in [0.1, 0.15) is 37.8 Å². The van der Waals surface area contributed by atoms with Crippen LogP contribution in [0.2, 0.25) is 0 Å². The molecule has 1 nitrogen and oxygen atoms in total. The SMILES string of the molecule is CC(NC1CCC1)c1ccc(F)c(Br)c1. The number of hydrogen-bond donors (Lipinski definition) is 1. The number of hydrogen-bond acceptors (Lipinski definition) is 1. The molecule has 0 bridgehead atoms. The van der Waals surface area contributed by atoms with E-state index in [1.165, 1.54) is 25.3 Å². The molecule has 1 N–H and O–H groups in total. The van der Waals surface area contributed by atoms with E-state index in [2.05, 4.69) is 28.2 Å². The zero-order valence-corrected chi connectivity index (χ0v) is 10.3. The molecule has 15 heavy (non-hydrogen) atoms. The monoisotopic (exact) mass is 271 g/mol. The summed E-state index contributed by atoms with van der Waals surface area (Å²) in [5.41, 5.74) is 1.13. The minimum absolute atomic E-state index is 0.199. The molecule has 0 saturated heterocycles. The first-order chi connectivity index (χ1) is 7.16. The third kappa shape index (κ3) is 2.58. The van der Waals surface area contributed by atoms with Gasteiger partial charge in [-0.15, -0.1) is 0 Å². The fourth-order valence-electron chi connectivity index (χ4n) is 1.81. The molecule has 1 aliphatic carbocycles. The Morgan fingerprint density at radius 2 is 2.20 bits per heavy atom. The van der Waals surface area contributed by atoms with Crippen LogP contribution in [0.5, 0.6) is 0 Å². The van der Waals surface area contributed by atoms with Crippen LogP contribution in [0.3, 0.4) is 0 Å². The van der Waals surface area contributed by atoms with E-state index in [9.17, 15) is 4.39 Å². The molecule has 82 valence electrons. The average molecular weight is 272 g/mol. The van der Waals surface area contributed by atoms with Gasteiger partial charge in [-0.1, -0.05) is 12.5 Å². The van der Waals surface area contributed by atoms with Crippen LogP contribution in [0, 0.1) is 5.82 Å². The van der Waals surface area contributed by atoms with Crippen LogP contribution in [0.4, 0.5) is 4.39 Å². The highest BCUT2D eigenvalue weighted by Crippen LogP contribution is 2.25. The van der Waals surface area contributed by atoms with Crippen molar-refractivity contribution in [1.82, 2.24) is 5.32 Å².